The lowest BCUT2D eigenvalue weighted by molar-refractivity contribution is 0.0700. The number of rotatable bonds is 5. The average molecular weight is 456 g/mol. The van der Waals surface area contributed by atoms with Gasteiger partial charge in [-0.2, -0.15) is 5.10 Å². The maximum absolute atomic E-state index is 13.3. The second kappa shape index (κ2) is 9.55. The summed E-state index contributed by atoms with van der Waals surface area (Å²) in [6, 6.07) is 18.1. The molecule has 1 amide bonds. The zero-order valence-electron chi connectivity index (χ0n) is 19.1. The smallest absolute Gasteiger partial charge is 0.272 e. The van der Waals surface area contributed by atoms with Gasteiger partial charge in [0.15, 0.2) is 0 Å². The van der Waals surface area contributed by atoms with Gasteiger partial charge in [0, 0.05) is 55.6 Å². The van der Waals surface area contributed by atoms with E-state index in [9.17, 15) is 9.18 Å². The van der Waals surface area contributed by atoms with E-state index in [1.54, 1.807) is 29.1 Å². The van der Waals surface area contributed by atoms with Crippen LogP contribution in [0, 0.1) is 5.82 Å². The van der Waals surface area contributed by atoms with Crippen LogP contribution in [0.2, 0.25) is 0 Å². The molecular formula is C27H26FN5O. The first kappa shape index (κ1) is 21.9. The van der Waals surface area contributed by atoms with Crippen molar-refractivity contribution in [2.45, 2.75) is 25.2 Å². The maximum Gasteiger partial charge on any atom is 0.272 e. The molecule has 1 aliphatic rings. The van der Waals surface area contributed by atoms with Crippen molar-refractivity contribution >= 4 is 5.91 Å². The van der Waals surface area contributed by atoms with Crippen LogP contribution in [0.25, 0.3) is 11.3 Å². The standard InChI is InChI=1S/C27H26FN5O/c1-32-17-21(16-29-32)25-8-3-9-26(31-25)27(34)33-14-4-5-20(18-33)24-7-2-6-23(30-24)15-19-10-12-22(28)13-11-19/h2-3,6-13,16-17,20H,4-5,14-15,18H2,1H3/t20-/m0/s1. The molecule has 0 bridgehead atoms. The van der Waals surface area contributed by atoms with E-state index in [1.165, 1.54) is 12.1 Å². The Kier molecular flexibility index (Phi) is 6.16. The molecule has 6 nitrogen and oxygen atoms in total. The predicted octanol–water partition coefficient (Wildman–Crippen LogP) is 4.63. The molecular weight excluding hydrogens is 429 g/mol. The molecule has 1 atom stereocenters. The van der Waals surface area contributed by atoms with Crippen molar-refractivity contribution in [1.29, 1.82) is 0 Å². The van der Waals surface area contributed by atoms with Gasteiger partial charge in [0.1, 0.15) is 11.5 Å². The van der Waals surface area contributed by atoms with Gasteiger partial charge >= 0.3 is 0 Å². The van der Waals surface area contributed by atoms with Crippen LogP contribution in [0.5, 0.6) is 0 Å². The summed E-state index contributed by atoms with van der Waals surface area (Å²) >= 11 is 0. The number of halogens is 1. The van der Waals surface area contributed by atoms with Crippen LogP contribution in [0.4, 0.5) is 4.39 Å². The zero-order chi connectivity index (χ0) is 23.5. The first-order valence-corrected chi connectivity index (χ1v) is 11.5. The highest BCUT2D eigenvalue weighted by Crippen LogP contribution is 2.27. The fourth-order valence-electron chi connectivity index (χ4n) is 4.47. The second-order valence-electron chi connectivity index (χ2n) is 8.76. The number of aromatic nitrogens is 4. The molecule has 172 valence electrons. The van der Waals surface area contributed by atoms with Gasteiger partial charge in [0.2, 0.25) is 0 Å². The number of amides is 1. The largest absolute Gasteiger partial charge is 0.337 e. The highest BCUT2D eigenvalue weighted by atomic mass is 19.1. The molecule has 0 saturated carbocycles. The number of pyridine rings is 2. The van der Waals surface area contributed by atoms with Gasteiger partial charge in [-0.1, -0.05) is 24.3 Å². The minimum atomic E-state index is -0.238. The third-order valence-electron chi connectivity index (χ3n) is 6.22. The van der Waals surface area contributed by atoms with Gasteiger partial charge in [0.25, 0.3) is 5.91 Å². The monoisotopic (exact) mass is 455 g/mol. The summed E-state index contributed by atoms with van der Waals surface area (Å²) in [5.41, 5.74) is 5.03. The quantitative estimate of drug-likeness (QED) is 0.440. The molecule has 3 aromatic heterocycles. The van der Waals surface area contributed by atoms with Crippen LogP contribution < -0.4 is 0 Å². The van der Waals surface area contributed by atoms with Crippen LogP contribution in [-0.2, 0) is 13.5 Å². The number of hydrogen-bond donors (Lipinski definition) is 0. The minimum Gasteiger partial charge on any atom is -0.337 e. The highest BCUT2D eigenvalue weighted by molar-refractivity contribution is 5.93. The van der Waals surface area contributed by atoms with Gasteiger partial charge in [-0.05, 0) is 54.8 Å². The number of piperidine rings is 1. The second-order valence-corrected chi connectivity index (χ2v) is 8.76. The number of carbonyl (C=O) groups is 1. The summed E-state index contributed by atoms with van der Waals surface area (Å²) in [5, 5.41) is 4.20. The number of carbonyl (C=O) groups excluding carboxylic acids is 1. The average Bonchev–Trinajstić information content (AvgIpc) is 3.32. The molecule has 34 heavy (non-hydrogen) atoms. The van der Waals surface area contributed by atoms with Crippen molar-refractivity contribution in [3.63, 3.8) is 0 Å². The molecule has 5 rings (SSSR count). The van der Waals surface area contributed by atoms with E-state index in [0.717, 1.165) is 41.1 Å². The van der Waals surface area contributed by atoms with Gasteiger partial charge in [-0.25, -0.2) is 9.37 Å². The van der Waals surface area contributed by atoms with Gasteiger partial charge in [-0.15, -0.1) is 0 Å². The molecule has 7 heteroatoms. The zero-order valence-corrected chi connectivity index (χ0v) is 19.1. The van der Waals surface area contributed by atoms with Gasteiger partial charge in [-0.3, -0.25) is 14.5 Å². The molecule has 1 aromatic carbocycles. The number of aryl methyl sites for hydroxylation is 1. The van der Waals surface area contributed by atoms with Crippen LogP contribution >= 0.6 is 0 Å². The summed E-state index contributed by atoms with van der Waals surface area (Å²) in [5.74, 6) is -0.122. The maximum atomic E-state index is 13.3. The number of benzene rings is 1. The van der Waals surface area contributed by atoms with E-state index < -0.39 is 0 Å². The predicted molar refractivity (Wildman–Crippen MR) is 128 cm³/mol. The molecule has 0 spiro atoms. The van der Waals surface area contributed by atoms with Crippen molar-refractivity contribution in [2.75, 3.05) is 13.1 Å². The Labute approximate surface area is 198 Å². The molecule has 1 fully saturated rings. The summed E-state index contributed by atoms with van der Waals surface area (Å²) in [6.45, 7) is 1.33. The Bertz CT molecular complexity index is 1300. The van der Waals surface area contributed by atoms with E-state index in [0.29, 0.717) is 25.2 Å². The van der Waals surface area contributed by atoms with Crippen molar-refractivity contribution in [1.82, 2.24) is 24.6 Å². The van der Waals surface area contributed by atoms with Crippen molar-refractivity contribution in [2.24, 2.45) is 7.05 Å². The van der Waals surface area contributed by atoms with Gasteiger partial charge in [0.05, 0.1) is 11.9 Å². The lowest BCUT2D eigenvalue weighted by atomic mass is 9.93. The lowest BCUT2D eigenvalue weighted by Crippen LogP contribution is -2.39. The van der Waals surface area contributed by atoms with Crippen LogP contribution in [0.1, 0.15) is 46.2 Å². The molecule has 0 unspecified atom stereocenters. The summed E-state index contributed by atoms with van der Waals surface area (Å²) < 4.78 is 14.9. The molecule has 1 saturated heterocycles. The van der Waals surface area contributed by atoms with Crippen molar-refractivity contribution < 1.29 is 9.18 Å². The Hall–Kier alpha value is -3.87. The number of likely N-dealkylation sites (tertiary alicyclic amines) is 1. The third kappa shape index (κ3) is 4.88. The third-order valence-corrected chi connectivity index (χ3v) is 6.22. The topological polar surface area (TPSA) is 63.9 Å². The molecule has 1 aliphatic heterocycles. The Morgan fingerprint density at radius 1 is 1.06 bits per heavy atom. The Balaban J connectivity index is 1.30. The molecule has 0 aliphatic carbocycles. The van der Waals surface area contributed by atoms with E-state index in [4.69, 9.17) is 4.98 Å². The fourth-order valence-corrected chi connectivity index (χ4v) is 4.47. The van der Waals surface area contributed by atoms with Crippen LogP contribution in [0.15, 0.2) is 73.1 Å². The van der Waals surface area contributed by atoms with E-state index in [-0.39, 0.29) is 17.6 Å². The molecule has 0 radical (unpaired) electrons. The summed E-state index contributed by atoms with van der Waals surface area (Å²) in [4.78, 5) is 24.7. The Morgan fingerprint density at radius 3 is 2.68 bits per heavy atom. The van der Waals surface area contributed by atoms with E-state index >= 15 is 0 Å². The number of nitrogens with zero attached hydrogens (tertiary/aromatic N) is 5. The first-order chi connectivity index (χ1) is 16.5. The number of hydrogen-bond acceptors (Lipinski definition) is 4. The summed E-state index contributed by atoms with van der Waals surface area (Å²) in [6.07, 6.45) is 6.19. The first-order valence-electron chi connectivity index (χ1n) is 11.5. The van der Waals surface area contributed by atoms with E-state index in [1.807, 2.05) is 48.5 Å². The Morgan fingerprint density at radius 2 is 1.88 bits per heavy atom. The van der Waals surface area contributed by atoms with E-state index in [2.05, 4.69) is 10.1 Å². The molecule has 4 aromatic rings. The normalized spacial score (nSPS) is 15.9. The van der Waals surface area contributed by atoms with Crippen LogP contribution in [-0.4, -0.2) is 43.6 Å². The highest BCUT2D eigenvalue weighted by Gasteiger charge is 2.27. The fraction of sp³-hybridized carbons (Fsp3) is 0.259. The molecule has 4 heterocycles. The van der Waals surface area contributed by atoms with Crippen LogP contribution in [0.3, 0.4) is 0 Å². The minimum absolute atomic E-state index is 0.0575. The SMILES string of the molecule is Cn1cc(-c2cccc(C(=O)N3CCC[C@H](c4cccc(Cc5ccc(F)cc5)n4)C3)n2)cn1. The lowest BCUT2D eigenvalue weighted by Gasteiger charge is -2.32. The van der Waals surface area contributed by atoms with Crippen molar-refractivity contribution in [3.05, 3.63) is 102 Å². The van der Waals surface area contributed by atoms with Gasteiger partial charge < -0.3 is 4.90 Å². The van der Waals surface area contributed by atoms with Crippen molar-refractivity contribution in [3.8, 4) is 11.3 Å². The summed E-state index contributed by atoms with van der Waals surface area (Å²) in [7, 11) is 1.86. The molecule has 0 N–H and O–H groups in total.